The summed E-state index contributed by atoms with van der Waals surface area (Å²) in [6.45, 7) is 13.0. The maximum absolute atomic E-state index is 3.92. The first-order chi connectivity index (χ1) is 9.56. The van der Waals surface area contributed by atoms with Crippen molar-refractivity contribution in [1.82, 2.24) is 10.2 Å². The third-order valence-electron chi connectivity index (χ3n) is 4.14. The summed E-state index contributed by atoms with van der Waals surface area (Å²) in [6, 6.07) is 5.66. The van der Waals surface area contributed by atoms with Crippen LogP contribution in [0.1, 0.15) is 51.5 Å². The van der Waals surface area contributed by atoms with Crippen LogP contribution < -0.4 is 5.32 Å². The first-order valence-electron chi connectivity index (χ1n) is 8.08. The minimum atomic E-state index is 0.525. The zero-order valence-corrected chi connectivity index (χ0v) is 14.2. The van der Waals surface area contributed by atoms with Gasteiger partial charge in [0, 0.05) is 23.5 Å². The van der Waals surface area contributed by atoms with Gasteiger partial charge in [-0.3, -0.25) is 0 Å². The topological polar surface area (TPSA) is 15.3 Å². The molecular weight excluding hydrogens is 264 g/mol. The van der Waals surface area contributed by atoms with Crippen LogP contribution in [0.4, 0.5) is 0 Å². The maximum Gasteiger partial charge on any atom is 0.0440 e. The smallest absolute Gasteiger partial charge is 0.0440 e. The molecule has 2 heterocycles. The summed E-state index contributed by atoms with van der Waals surface area (Å²) in [6.07, 6.45) is 2.59. The van der Waals surface area contributed by atoms with E-state index in [-0.39, 0.29) is 0 Å². The first kappa shape index (κ1) is 16.0. The fourth-order valence-corrected chi connectivity index (χ4v) is 4.08. The average molecular weight is 295 g/mol. The second kappa shape index (κ2) is 7.58. The van der Waals surface area contributed by atoms with Crippen LogP contribution >= 0.6 is 11.3 Å². The Morgan fingerprint density at radius 3 is 2.45 bits per heavy atom. The van der Waals surface area contributed by atoms with Gasteiger partial charge in [-0.1, -0.05) is 33.8 Å². The quantitative estimate of drug-likeness (QED) is 0.847. The van der Waals surface area contributed by atoms with Crippen molar-refractivity contribution in [2.24, 2.45) is 11.8 Å². The molecule has 0 amide bonds. The molecule has 2 nitrogen and oxygen atoms in total. The highest BCUT2D eigenvalue weighted by molar-refractivity contribution is 7.10. The second-order valence-electron chi connectivity index (χ2n) is 6.87. The molecule has 1 aromatic heterocycles. The van der Waals surface area contributed by atoms with Gasteiger partial charge in [-0.05, 0) is 49.2 Å². The highest BCUT2D eigenvalue weighted by atomic mass is 32.1. The third-order valence-corrected chi connectivity index (χ3v) is 5.10. The van der Waals surface area contributed by atoms with Crippen molar-refractivity contribution in [2.75, 3.05) is 19.6 Å². The van der Waals surface area contributed by atoms with E-state index in [1.165, 1.54) is 37.4 Å². The van der Waals surface area contributed by atoms with Crippen LogP contribution in [-0.2, 0) is 0 Å². The first-order valence-corrected chi connectivity index (χ1v) is 8.96. The van der Waals surface area contributed by atoms with E-state index in [2.05, 4.69) is 55.4 Å². The second-order valence-corrected chi connectivity index (χ2v) is 7.85. The zero-order valence-electron chi connectivity index (χ0n) is 13.4. The minimum absolute atomic E-state index is 0.525. The minimum Gasteiger partial charge on any atom is -0.306 e. The average Bonchev–Trinajstić information content (AvgIpc) is 2.90. The van der Waals surface area contributed by atoms with Crippen LogP contribution in [0, 0.1) is 11.8 Å². The van der Waals surface area contributed by atoms with E-state index >= 15 is 0 Å². The largest absolute Gasteiger partial charge is 0.306 e. The summed E-state index contributed by atoms with van der Waals surface area (Å²) in [5.74, 6) is 1.44. The summed E-state index contributed by atoms with van der Waals surface area (Å²) in [5.41, 5.74) is 0. The SMILES string of the molecule is CC(C)CN1CCC(NC(c2cccs2)C(C)C)CC1. The Balaban J connectivity index is 1.84. The molecule has 0 bridgehead atoms. The van der Waals surface area contributed by atoms with Gasteiger partial charge in [-0.25, -0.2) is 0 Å². The highest BCUT2D eigenvalue weighted by Gasteiger charge is 2.24. The van der Waals surface area contributed by atoms with E-state index < -0.39 is 0 Å². The molecule has 1 atom stereocenters. The molecule has 0 radical (unpaired) electrons. The summed E-state index contributed by atoms with van der Waals surface area (Å²) in [5, 5.41) is 6.11. The van der Waals surface area contributed by atoms with Crippen LogP contribution in [0.5, 0.6) is 0 Å². The zero-order chi connectivity index (χ0) is 14.5. The van der Waals surface area contributed by atoms with Crippen LogP contribution in [-0.4, -0.2) is 30.6 Å². The number of piperidine rings is 1. The lowest BCUT2D eigenvalue weighted by atomic mass is 9.97. The molecule has 1 fully saturated rings. The molecule has 1 saturated heterocycles. The summed E-state index contributed by atoms with van der Waals surface area (Å²) in [4.78, 5) is 4.11. The Morgan fingerprint density at radius 1 is 1.25 bits per heavy atom. The fourth-order valence-electron chi connectivity index (χ4n) is 3.12. The van der Waals surface area contributed by atoms with E-state index in [4.69, 9.17) is 0 Å². The van der Waals surface area contributed by atoms with E-state index in [9.17, 15) is 0 Å². The monoisotopic (exact) mass is 294 g/mol. The highest BCUT2D eigenvalue weighted by Crippen LogP contribution is 2.27. The van der Waals surface area contributed by atoms with Gasteiger partial charge in [0.15, 0.2) is 0 Å². The third kappa shape index (κ3) is 4.57. The molecule has 1 aliphatic rings. The lowest BCUT2D eigenvalue weighted by Crippen LogP contribution is -2.45. The molecule has 3 heteroatoms. The van der Waals surface area contributed by atoms with E-state index in [1.807, 2.05) is 11.3 Å². The molecule has 0 aromatic carbocycles. The van der Waals surface area contributed by atoms with Gasteiger partial charge in [-0.2, -0.15) is 0 Å². The van der Waals surface area contributed by atoms with Crippen LogP contribution in [0.3, 0.4) is 0 Å². The molecule has 1 aromatic rings. The number of nitrogens with one attached hydrogen (secondary N) is 1. The van der Waals surface area contributed by atoms with Crippen molar-refractivity contribution in [1.29, 1.82) is 0 Å². The Labute approximate surface area is 128 Å². The molecule has 0 aliphatic carbocycles. The van der Waals surface area contributed by atoms with Crippen LogP contribution in [0.25, 0.3) is 0 Å². The van der Waals surface area contributed by atoms with Crippen molar-refractivity contribution in [2.45, 2.75) is 52.6 Å². The lowest BCUT2D eigenvalue weighted by molar-refractivity contribution is 0.169. The summed E-state index contributed by atoms with van der Waals surface area (Å²) >= 11 is 1.88. The number of rotatable bonds is 6. The fraction of sp³-hybridized carbons (Fsp3) is 0.765. The summed E-state index contributed by atoms with van der Waals surface area (Å²) in [7, 11) is 0. The molecule has 1 aliphatic heterocycles. The number of hydrogen-bond acceptors (Lipinski definition) is 3. The van der Waals surface area contributed by atoms with E-state index in [0.29, 0.717) is 18.0 Å². The van der Waals surface area contributed by atoms with Crippen LogP contribution in [0.2, 0.25) is 0 Å². The Morgan fingerprint density at radius 2 is 1.95 bits per heavy atom. The Bertz CT molecular complexity index is 364. The molecule has 0 spiro atoms. The standard InChI is InChI=1S/C17H30N2S/c1-13(2)12-19-9-7-15(8-10-19)18-17(14(3)4)16-6-5-11-20-16/h5-6,11,13-15,17-18H,7-10,12H2,1-4H3. The molecule has 1 unspecified atom stereocenters. The van der Waals surface area contributed by atoms with Gasteiger partial charge in [0.05, 0.1) is 0 Å². The van der Waals surface area contributed by atoms with Crippen molar-refractivity contribution in [3.8, 4) is 0 Å². The number of thiophene rings is 1. The Kier molecular flexibility index (Phi) is 6.06. The predicted octanol–water partition coefficient (Wildman–Crippen LogP) is 4.16. The van der Waals surface area contributed by atoms with Gasteiger partial charge < -0.3 is 10.2 Å². The van der Waals surface area contributed by atoms with Gasteiger partial charge in [0.1, 0.15) is 0 Å². The van der Waals surface area contributed by atoms with Gasteiger partial charge in [0.2, 0.25) is 0 Å². The van der Waals surface area contributed by atoms with Gasteiger partial charge in [0.25, 0.3) is 0 Å². The van der Waals surface area contributed by atoms with Crippen molar-refractivity contribution < 1.29 is 0 Å². The molecule has 1 N–H and O–H groups in total. The summed E-state index contributed by atoms with van der Waals surface area (Å²) < 4.78 is 0. The van der Waals surface area contributed by atoms with Gasteiger partial charge in [-0.15, -0.1) is 11.3 Å². The number of hydrogen-bond donors (Lipinski definition) is 1. The van der Waals surface area contributed by atoms with Gasteiger partial charge >= 0.3 is 0 Å². The van der Waals surface area contributed by atoms with Crippen molar-refractivity contribution in [3.63, 3.8) is 0 Å². The van der Waals surface area contributed by atoms with Crippen molar-refractivity contribution in [3.05, 3.63) is 22.4 Å². The number of nitrogens with zero attached hydrogens (tertiary/aromatic N) is 1. The molecule has 114 valence electrons. The normalized spacial score (nSPS) is 19.9. The molecule has 0 saturated carbocycles. The molecular formula is C17H30N2S. The maximum atomic E-state index is 3.92. The van der Waals surface area contributed by atoms with Crippen molar-refractivity contribution >= 4 is 11.3 Å². The van der Waals surface area contributed by atoms with E-state index in [1.54, 1.807) is 0 Å². The molecule has 20 heavy (non-hydrogen) atoms. The number of likely N-dealkylation sites (tertiary alicyclic amines) is 1. The lowest BCUT2D eigenvalue weighted by Gasteiger charge is -2.36. The van der Waals surface area contributed by atoms with Crippen LogP contribution in [0.15, 0.2) is 17.5 Å². The Hall–Kier alpha value is -0.380. The molecule has 2 rings (SSSR count). The van der Waals surface area contributed by atoms with E-state index in [0.717, 1.165) is 5.92 Å². The predicted molar refractivity (Wildman–Crippen MR) is 89.3 cm³/mol.